The Balaban J connectivity index is 1.79. The van der Waals surface area contributed by atoms with E-state index in [0.29, 0.717) is 28.5 Å². The van der Waals surface area contributed by atoms with Crippen LogP contribution < -0.4 is 5.32 Å². The summed E-state index contributed by atoms with van der Waals surface area (Å²) in [5.41, 5.74) is 1.21. The van der Waals surface area contributed by atoms with Crippen molar-refractivity contribution in [2.24, 2.45) is 5.92 Å². The van der Waals surface area contributed by atoms with E-state index in [0.717, 1.165) is 36.9 Å². The SMILES string of the molecule is CC(C)(O)c1cnc(-c2cnc(Cl)cc2NC2CCC(C(C)(C)O)CC2)cn1. The second-order valence-corrected chi connectivity index (χ2v) is 9.13. The summed E-state index contributed by atoms with van der Waals surface area (Å²) in [4.78, 5) is 13.0. The lowest BCUT2D eigenvalue weighted by molar-refractivity contribution is -0.000392. The van der Waals surface area contributed by atoms with E-state index in [-0.39, 0.29) is 0 Å². The van der Waals surface area contributed by atoms with Crippen LogP contribution in [0.4, 0.5) is 5.69 Å². The summed E-state index contributed by atoms with van der Waals surface area (Å²) in [6.07, 6.45) is 8.86. The van der Waals surface area contributed by atoms with Crippen LogP contribution in [-0.4, -0.2) is 36.8 Å². The Morgan fingerprint density at radius 2 is 1.64 bits per heavy atom. The Bertz CT molecular complexity index is 805. The molecule has 3 N–H and O–H groups in total. The number of hydrogen-bond donors (Lipinski definition) is 3. The molecule has 0 aromatic carbocycles. The Morgan fingerprint density at radius 1 is 0.964 bits per heavy atom. The quantitative estimate of drug-likeness (QED) is 0.648. The van der Waals surface area contributed by atoms with Crippen molar-refractivity contribution >= 4 is 17.3 Å². The van der Waals surface area contributed by atoms with Gasteiger partial charge in [-0.1, -0.05) is 11.6 Å². The second-order valence-electron chi connectivity index (χ2n) is 8.75. The van der Waals surface area contributed by atoms with Gasteiger partial charge in [-0.25, -0.2) is 4.98 Å². The third-order valence-electron chi connectivity index (χ3n) is 5.51. The van der Waals surface area contributed by atoms with E-state index >= 15 is 0 Å². The molecule has 1 fully saturated rings. The predicted molar refractivity (Wildman–Crippen MR) is 111 cm³/mol. The van der Waals surface area contributed by atoms with E-state index < -0.39 is 11.2 Å². The van der Waals surface area contributed by atoms with Gasteiger partial charge in [-0.15, -0.1) is 0 Å². The van der Waals surface area contributed by atoms with Crippen molar-refractivity contribution in [1.82, 2.24) is 15.0 Å². The van der Waals surface area contributed by atoms with Gasteiger partial charge in [0, 0.05) is 23.5 Å². The van der Waals surface area contributed by atoms with Crippen molar-refractivity contribution in [2.45, 2.75) is 70.6 Å². The van der Waals surface area contributed by atoms with Gasteiger partial charge < -0.3 is 15.5 Å². The largest absolute Gasteiger partial charge is 0.390 e. The van der Waals surface area contributed by atoms with E-state index in [1.54, 1.807) is 32.4 Å². The van der Waals surface area contributed by atoms with Gasteiger partial charge in [0.05, 0.1) is 29.4 Å². The molecule has 7 heteroatoms. The Morgan fingerprint density at radius 3 is 2.18 bits per heavy atom. The molecule has 0 spiro atoms. The number of halogens is 1. The molecule has 0 saturated heterocycles. The molecule has 0 aliphatic heterocycles. The fourth-order valence-electron chi connectivity index (χ4n) is 3.70. The van der Waals surface area contributed by atoms with Crippen molar-refractivity contribution in [2.75, 3.05) is 5.32 Å². The minimum Gasteiger partial charge on any atom is -0.390 e. The van der Waals surface area contributed by atoms with Crippen LogP contribution in [0.2, 0.25) is 5.15 Å². The summed E-state index contributed by atoms with van der Waals surface area (Å²) in [5, 5.41) is 24.3. The Hall–Kier alpha value is -1.76. The zero-order valence-electron chi connectivity index (χ0n) is 16.9. The van der Waals surface area contributed by atoms with Crippen LogP contribution in [-0.2, 0) is 5.60 Å². The van der Waals surface area contributed by atoms with E-state index in [1.165, 1.54) is 0 Å². The molecule has 0 unspecified atom stereocenters. The van der Waals surface area contributed by atoms with Gasteiger partial charge in [-0.3, -0.25) is 9.97 Å². The number of rotatable bonds is 5. The minimum absolute atomic E-state index is 0.305. The molecule has 0 amide bonds. The zero-order valence-corrected chi connectivity index (χ0v) is 17.7. The molecule has 2 heterocycles. The number of aliphatic hydroxyl groups is 2. The van der Waals surface area contributed by atoms with E-state index in [9.17, 15) is 10.2 Å². The van der Waals surface area contributed by atoms with Crippen molar-refractivity contribution < 1.29 is 10.2 Å². The summed E-state index contributed by atoms with van der Waals surface area (Å²) in [6.45, 7) is 7.14. The lowest BCUT2D eigenvalue weighted by atomic mass is 9.77. The fourth-order valence-corrected chi connectivity index (χ4v) is 3.86. The molecule has 3 rings (SSSR count). The molecule has 0 radical (unpaired) electrons. The number of pyridine rings is 1. The molecule has 1 saturated carbocycles. The lowest BCUT2D eigenvalue weighted by Gasteiger charge is -2.36. The topological polar surface area (TPSA) is 91.2 Å². The molecule has 6 nitrogen and oxygen atoms in total. The van der Waals surface area contributed by atoms with Crippen molar-refractivity contribution in [3.63, 3.8) is 0 Å². The van der Waals surface area contributed by atoms with Crippen molar-refractivity contribution in [3.8, 4) is 11.3 Å². The van der Waals surface area contributed by atoms with Gasteiger partial charge in [-0.05, 0) is 65.4 Å². The van der Waals surface area contributed by atoms with Gasteiger partial charge in [0.1, 0.15) is 10.8 Å². The maximum atomic E-state index is 10.2. The number of aromatic nitrogens is 3. The van der Waals surface area contributed by atoms with Crippen LogP contribution in [0.25, 0.3) is 11.3 Å². The van der Waals surface area contributed by atoms with Gasteiger partial charge in [0.2, 0.25) is 0 Å². The highest BCUT2D eigenvalue weighted by Gasteiger charge is 2.31. The first-order chi connectivity index (χ1) is 13.0. The summed E-state index contributed by atoms with van der Waals surface area (Å²) < 4.78 is 0. The maximum absolute atomic E-state index is 10.2. The monoisotopic (exact) mass is 404 g/mol. The average molecular weight is 405 g/mol. The first kappa shape index (κ1) is 21.0. The van der Waals surface area contributed by atoms with Crippen LogP contribution in [0, 0.1) is 5.92 Å². The summed E-state index contributed by atoms with van der Waals surface area (Å²) >= 11 is 6.14. The molecule has 0 bridgehead atoms. The second kappa shape index (κ2) is 7.93. The fraction of sp³-hybridized carbons (Fsp3) is 0.571. The van der Waals surface area contributed by atoms with Crippen LogP contribution in [0.3, 0.4) is 0 Å². The van der Waals surface area contributed by atoms with E-state index in [1.807, 2.05) is 19.9 Å². The van der Waals surface area contributed by atoms with Gasteiger partial charge in [0.25, 0.3) is 0 Å². The molecular weight excluding hydrogens is 376 g/mol. The summed E-state index contributed by atoms with van der Waals surface area (Å²) in [7, 11) is 0. The first-order valence-electron chi connectivity index (χ1n) is 9.74. The average Bonchev–Trinajstić information content (AvgIpc) is 2.61. The molecule has 28 heavy (non-hydrogen) atoms. The van der Waals surface area contributed by atoms with Crippen molar-refractivity contribution in [3.05, 3.63) is 35.5 Å². The van der Waals surface area contributed by atoms with Crippen LogP contribution in [0.1, 0.15) is 59.1 Å². The van der Waals surface area contributed by atoms with E-state index in [4.69, 9.17) is 11.6 Å². The third kappa shape index (κ3) is 4.99. The van der Waals surface area contributed by atoms with Crippen LogP contribution in [0.5, 0.6) is 0 Å². The number of nitrogens with zero attached hydrogens (tertiary/aromatic N) is 3. The third-order valence-corrected chi connectivity index (χ3v) is 5.72. The highest BCUT2D eigenvalue weighted by molar-refractivity contribution is 6.29. The molecular formula is C21H29ClN4O2. The number of nitrogens with one attached hydrogen (secondary N) is 1. The molecule has 1 aliphatic rings. The van der Waals surface area contributed by atoms with Gasteiger partial charge >= 0.3 is 0 Å². The first-order valence-corrected chi connectivity index (χ1v) is 10.1. The minimum atomic E-state index is -1.04. The number of hydrogen-bond acceptors (Lipinski definition) is 6. The maximum Gasteiger partial charge on any atom is 0.131 e. The standard InChI is InChI=1S/C21H29ClN4O2/c1-20(2,27)13-5-7-14(8-6-13)26-16-9-19(22)25-10-15(16)17-11-24-18(12-23-17)21(3,4)28/h9-14,27-28H,5-8H2,1-4H3,(H,25,26). The van der Waals surface area contributed by atoms with E-state index in [2.05, 4.69) is 20.3 Å². The van der Waals surface area contributed by atoms with Gasteiger partial charge in [0.15, 0.2) is 0 Å². The highest BCUT2D eigenvalue weighted by atomic mass is 35.5. The normalized spacial score (nSPS) is 20.8. The van der Waals surface area contributed by atoms with Crippen LogP contribution >= 0.6 is 11.6 Å². The smallest absolute Gasteiger partial charge is 0.131 e. The van der Waals surface area contributed by atoms with Crippen LogP contribution in [0.15, 0.2) is 24.7 Å². The Kier molecular flexibility index (Phi) is 5.94. The van der Waals surface area contributed by atoms with Gasteiger partial charge in [-0.2, -0.15) is 0 Å². The highest BCUT2D eigenvalue weighted by Crippen LogP contribution is 2.35. The number of anilines is 1. The molecule has 1 aliphatic carbocycles. The zero-order chi connectivity index (χ0) is 20.5. The molecule has 0 atom stereocenters. The Labute approximate surface area is 171 Å². The molecule has 2 aromatic heterocycles. The molecule has 2 aromatic rings. The lowest BCUT2D eigenvalue weighted by Crippen LogP contribution is -2.37. The molecule has 152 valence electrons. The van der Waals surface area contributed by atoms with Crippen molar-refractivity contribution in [1.29, 1.82) is 0 Å². The predicted octanol–water partition coefficient (Wildman–Crippen LogP) is 4.16. The summed E-state index contributed by atoms with van der Waals surface area (Å²) in [6, 6.07) is 2.12. The summed E-state index contributed by atoms with van der Waals surface area (Å²) in [5.74, 6) is 0.325.